The second-order valence-electron chi connectivity index (χ2n) is 5.50. The SMILES string of the molecule is Cc1[nH]c2ccccc2c1C(=O)C(=O)N[C@@H](C)COCC(F)(F)F. The number of benzene rings is 1. The van der Waals surface area contributed by atoms with E-state index in [1.54, 1.807) is 31.2 Å². The fourth-order valence-electron chi connectivity index (χ4n) is 2.37. The van der Waals surface area contributed by atoms with Crippen molar-refractivity contribution in [3.63, 3.8) is 0 Å². The zero-order valence-electron chi connectivity index (χ0n) is 13.2. The molecule has 0 unspecified atom stereocenters. The predicted molar refractivity (Wildman–Crippen MR) is 81.8 cm³/mol. The van der Waals surface area contributed by atoms with Crippen molar-refractivity contribution in [1.82, 2.24) is 10.3 Å². The minimum Gasteiger partial charge on any atom is -0.370 e. The number of carbonyl (C=O) groups excluding carboxylic acids is 2. The normalized spacial score (nSPS) is 13.0. The average Bonchev–Trinajstić information content (AvgIpc) is 2.80. The molecule has 0 saturated heterocycles. The van der Waals surface area contributed by atoms with Gasteiger partial charge in [-0.05, 0) is 19.9 Å². The number of Topliss-reactive ketones (excluding diaryl/α,β-unsaturated/α-hetero) is 1. The Morgan fingerprint density at radius 2 is 1.96 bits per heavy atom. The first-order chi connectivity index (χ1) is 11.2. The number of aromatic nitrogens is 1. The average molecular weight is 342 g/mol. The predicted octanol–water partition coefficient (Wildman–Crippen LogP) is 2.74. The van der Waals surface area contributed by atoms with E-state index in [1.807, 2.05) is 0 Å². The minimum atomic E-state index is -4.43. The number of carbonyl (C=O) groups is 2. The number of hydrogen-bond acceptors (Lipinski definition) is 3. The summed E-state index contributed by atoms with van der Waals surface area (Å²) in [5.74, 6) is -1.63. The molecule has 0 aliphatic rings. The molecular formula is C16H17F3N2O3. The van der Waals surface area contributed by atoms with Gasteiger partial charge in [-0.15, -0.1) is 0 Å². The van der Waals surface area contributed by atoms with Crippen LogP contribution < -0.4 is 5.32 Å². The fraction of sp³-hybridized carbons (Fsp3) is 0.375. The Hall–Kier alpha value is -2.35. The molecule has 1 aromatic heterocycles. The number of H-pyrrole nitrogens is 1. The van der Waals surface area contributed by atoms with Crippen LogP contribution in [0.15, 0.2) is 24.3 Å². The third kappa shape index (κ3) is 4.35. The first-order valence-corrected chi connectivity index (χ1v) is 7.26. The van der Waals surface area contributed by atoms with Crippen LogP contribution in [-0.2, 0) is 9.53 Å². The molecule has 2 rings (SSSR count). The van der Waals surface area contributed by atoms with Crippen molar-refractivity contribution in [3.8, 4) is 0 Å². The Bertz CT molecular complexity index is 753. The van der Waals surface area contributed by atoms with Crippen LogP contribution in [0.1, 0.15) is 23.0 Å². The topological polar surface area (TPSA) is 71.2 Å². The van der Waals surface area contributed by atoms with Crippen molar-refractivity contribution in [2.45, 2.75) is 26.1 Å². The molecular weight excluding hydrogens is 325 g/mol. The number of rotatable bonds is 6. The zero-order chi connectivity index (χ0) is 17.9. The van der Waals surface area contributed by atoms with Gasteiger partial charge < -0.3 is 15.0 Å². The zero-order valence-corrected chi connectivity index (χ0v) is 13.2. The van der Waals surface area contributed by atoms with E-state index in [4.69, 9.17) is 0 Å². The molecule has 0 saturated carbocycles. The highest BCUT2D eigenvalue weighted by molar-refractivity contribution is 6.45. The summed E-state index contributed by atoms with van der Waals surface area (Å²) < 4.78 is 40.5. The second-order valence-corrected chi connectivity index (χ2v) is 5.50. The number of amides is 1. The quantitative estimate of drug-likeness (QED) is 0.626. The standard InChI is InChI=1S/C16H17F3N2O3/c1-9(7-24-8-16(17,18)19)20-15(23)14(22)13-10(2)21-12-6-4-3-5-11(12)13/h3-6,9,21H,7-8H2,1-2H3,(H,20,23)/t9-/m0/s1. The van der Waals surface area contributed by atoms with Crippen LogP contribution in [0.2, 0.25) is 0 Å². The van der Waals surface area contributed by atoms with Gasteiger partial charge in [0.25, 0.3) is 11.7 Å². The van der Waals surface area contributed by atoms with Crippen molar-refractivity contribution in [2.24, 2.45) is 0 Å². The Kier molecular flexibility index (Phi) is 5.28. The minimum absolute atomic E-state index is 0.256. The molecule has 1 aromatic carbocycles. The van der Waals surface area contributed by atoms with Gasteiger partial charge in [0.15, 0.2) is 0 Å². The molecule has 1 atom stereocenters. The van der Waals surface area contributed by atoms with E-state index in [2.05, 4.69) is 15.0 Å². The van der Waals surface area contributed by atoms with Crippen molar-refractivity contribution in [3.05, 3.63) is 35.5 Å². The number of ether oxygens (including phenoxy) is 1. The maximum Gasteiger partial charge on any atom is 0.411 e. The van der Waals surface area contributed by atoms with Gasteiger partial charge in [0, 0.05) is 22.6 Å². The second kappa shape index (κ2) is 7.04. The Morgan fingerprint density at radius 3 is 2.62 bits per heavy atom. The molecule has 1 amide bonds. The number of alkyl halides is 3. The van der Waals surface area contributed by atoms with Crippen LogP contribution in [0.4, 0.5) is 13.2 Å². The van der Waals surface area contributed by atoms with Crippen LogP contribution in [0.3, 0.4) is 0 Å². The molecule has 0 radical (unpaired) electrons. The number of fused-ring (bicyclic) bond motifs is 1. The largest absolute Gasteiger partial charge is 0.411 e. The third-order valence-corrected chi connectivity index (χ3v) is 3.34. The van der Waals surface area contributed by atoms with E-state index in [9.17, 15) is 22.8 Å². The molecule has 2 N–H and O–H groups in total. The third-order valence-electron chi connectivity index (χ3n) is 3.34. The number of nitrogens with one attached hydrogen (secondary N) is 2. The van der Waals surface area contributed by atoms with Crippen LogP contribution >= 0.6 is 0 Å². The maximum atomic E-state index is 12.4. The van der Waals surface area contributed by atoms with Gasteiger partial charge in [0.05, 0.1) is 12.2 Å². The highest BCUT2D eigenvalue weighted by Gasteiger charge is 2.28. The monoisotopic (exact) mass is 342 g/mol. The van der Waals surface area contributed by atoms with Crippen molar-refractivity contribution in [2.75, 3.05) is 13.2 Å². The highest BCUT2D eigenvalue weighted by Crippen LogP contribution is 2.22. The van der Waals surface area contributed by atoms with Crippen molar-refractivity contribution >= 4 is 22.6 Å². The van der Waals surface area contributed by atoms with Crippen molar-refractivity contribution < 1.29 is 27.5 Å². The lowest BCUT2D eigenvalue weighted by atomic mass is 10.1. The van der Waals surface area contributed by atoms with E-state index < -0.39 is 30.5 Å². The number of halogens is 3. The van der Waals surface area contributed by atoms with E-state index in [0.717, 1.165) is 5.52 Å². The molecule has 130 valence electrons. The van der Waals surface area contributed by atoms with E-state index in [-0.39, 0.29) is 12.2 Å². The summed E-state index contributed by atoms with van der Waals surface area (Å²) in [5, 5.41) is 2.97. The first kappa shape index (κ1) is 18.0. The summed E-state index contributed by atoms with van der Waals surface area (Å²) >= 11 is 0. The fourth-order valence-corrected chi connectivity index (χ4v) is 2.37. The summed E-state index contributed by atoms with van der Waals surface area (Å²) in [6.07, 6.45) is -4.43. The summed E-state index contributed by atoms with van der Waals surface area (Å²) in [6.45, 7) is 1.40. The van der Waals surface area contributed by atoms with Gasteiger partial charge in [-0.1, -0.05) is 18.2 Å². The molecule has 0 aliphatic heterocycles. The van der Waals surface area contributed by atoms with Crippen LogP contribution in [0, 0.1) is 6.92 Å². The van der Waals surface area contributed by atoms with Gasteiger partial charge in [-0.3, -0.25) is 9.59 Å². The van der Waals surface area contributed by atoms with Gasteiger partial charge >= 0.3 is 6.18 Å². The number of para-hydroxylation sites is 1. The smallest absolute Gasteiger partial charge is 0.370 e. The number of aryl methyl sites for hydroxylation is 1. The summed E-state index contributed by atoms with van der Waals surface area (Å²) in [7, 11) is 0. The molecule has 0 spiro atoms. The van der Waals surface area contributed by atoms with Gasteiger partial charge in [-0.25, -0.2) is 0 Å². The molecule has 0 bridgehead atoms. The van der Waals surface area contributed by atoms with Gasteiger partial charge in [-0.2, -0.15) is 13.2 Å². The number of hydrogen-bond donors (Lipinski definition) is 2. The Balaban J connectivity index is 2.01. The molecule has 5 nitrogen and oxygen atoms in total. The van der Waals surface area contributed by atoms with Crippen LogP contribution in [0.5, 0.6) is 0 Å². The van der Waals surface area contributed by atoms with Gasteiger partial charge in [0.2, 0.25) is 0 Å². The molecule has 0 fully saturated rings. The lowest BCUT2D eigenvalue weighted by Crippen LogP contribution is -2.40. The first-order valence-electron chi connectivity index (χ1n) is 7.26. The maximum absolute atomic E-state index is 12.4. The molecule has 0 aliphatic carbocycles. The van der Waals surface area contributed by atoms with E-state index in [1.165, 1.54) is 6.92 Å². The summed E-state index contributed by atoms with van der Waals surface area (Å²) in [5.41, 5.74) is 1.54. The Labute approximate surface area is 136 Å². The van der Waals surface area contributed by atoms with Crippen LogP contribution in [0.25, 0.3) is 10.9 Å². The van der Waals surface area contributed by atoms with Gasteiger partial charge in [0.1, 0.15) is 6.61 Å². The van der Waals surface area contributed by atoms with E-state index >= 15 is 0 Å². The Morgan fingerprint density at radius 1 is 1.29 bits per heavy atom. The van der Waals surface area contributed by atoms with E-state index in [0.29, 0.717) is 11.1 Å². The highest BCUT2D eigenvalue weighted by atomic mass is 19.4. The molecule has 1 heterocycles. The lowest BCUT2D eigenvalue weighted by Gasteiger charge is -2.14. The lowest BCUT2D eigenvalue weighted by molar-refractivity contribution is -0.175. The van der Waals surface area contributed by atoms with Crippen molar-refractivity contribution in [1.29, 1.82) is 0 Å². The van der Waals surface area contributed by atoms with Crippen LogP contribution in [-0.4, -0.2) is 42.1 Å². The molecule has 24 heavy (non-hydrogen) atoms. The number of aromatic amines is 1. The molecule has 2 aromatic rings. The number of ketones is 1. The molecule has 8 heteroatoms. The summed E-state index contributed by atoms with van der Waals surface area (Å²) in [4.78, 5) is 27.4. The summed E-state index contributed by atoms with van der Waals surface area (Å²) in [6, 6.07) is 6.32.